The summed E-state index contributed by atoms with van der Waals surface area (Å²) in [5.41, 5.74) is 1.19. The van der Waals surface area contributed by atoms with Crippen LogP contribution < -0.4 is 0 Å². The van der Waals surface area contributed by atoms with Gasteiger partial charge in [-0.15, -0.1) is 0 Å². The number of carbonyl (C=O) groups is 1. The molecule has 17 heavy (non-hydrogen) atoms. The number of hydrogen-bond donors (Lipinski definition) is 1. The summed E-state index contributed by atoms with van der Waals surface area (Å²) in [4.78, 5) is 15.0. The van der Waals surface area contributed by atoms with Gasteiger partial charge >= 0.3 is 5.97 Å². The quantitative estimate of drug-likeness (QED) is 0.731. The molecule has 5 nitrogen and oxygen atoms in total. The van der Waals surface area contributed by atoms with Gasteiger partial charge in [-0.1, -0.05) is 0 Å². The summed E-state index contributed by atoms with van der Waals surface area (Å²) in [6.07, 6.45) is 1.52. The van der Waals surface area contributed by atoms with E-state index in [2.05, 4.69) is 4.98 Å². The van der Waals surface area contributed by atoms with E-state index < -0.39 is 5.97 Å². The molecule has 0 saturated carbocycles. The molecule has 0 aliphatic rings. The van der Waals surface area contributed by atoms with E-state index >= 15 is 0 Å². The molecule has 1 N–H and O–H groups in total. The average Bonchev–Trinajstić information content (AvgIpc) is 2.96. The Kier molecular flexibility index (Phi) is 1.98. The third kappa shape index (κ3) is 1.57. The minimum absolute atomic E-state index is 0.166. The molecule has 0 unspecified atom stereocenters. The molecule has 84 valence electrons. The Bertz CT molecular complexity index is 682. The number of hydrogen-bond acceptors (Lipinski definition) is 4. The highest BCUT2D eigenvalue weighted by Crippen LogP contribution is 2.25. The van der Waals surface area contributed by atoms with Gasteiger partial charge in [0.15, 0.2) is 11.3 Å². The number of nitrogens with zero attached hydrogens (tertiary/aromatic N) is 1. The van der Waals surface area contributed by atoms with Crippen molar-refractivity contribution >= 4 is 17.1 Å². The van der Waals surface area contributed by atoms with Crippen LogP contribution in [0.4, 0.5) is 0 Å². The lowest BCUT2D eigenvalue weighted by Gasteiger charge is -1.91. The van der Waals surface area contributed by atoms with Crippen LogP contribution in [0.3, 0.4) is 0 Å². The van der Waals surface area contributed by atoms with Crippen LogP contribution in [-0.2, 0) is 0 Å². The van der Waals surface area contributed by atoms with E-state index in [-0.39, 0.29) is 5.56 Å². The Balaban J connectivity index is 2.16. The Morgan fingerprint density at radius 1 is 1.29 bits per heavy atom. The van der Waals surface area contributed by atoms with E-state index in [4.69, 9.17) is 13.9 Å². The van der Waals surface area contributed by atoms with Gasteiger partial charge in [-0.2, -0.15) is 0 Å². The molecule has 3 rings (SSSR count). The zero-order valence-corrected chi connectivity index (χ0v) is 8.58. The van der Waals surface area contributed by atoms with Crippen molar-refractivity contribution in [1.82, 2.24) is 4.98 Å². The molecule has 0 aliphatic carbocycles. The minimum atomic E-state index is -0.997. The lowest BCUT2D eigenvalue weighted by atomic mass is 10.2. The molecule has 0 atom stereocenters. The summed E-state index contributed by atoms with van der Waals surface area (Å²) >= 11 is 0. The van der Waals surface area contributed by atoms with Gasteiger partial charge < -0.3 is 13.9 Å². The summed E-state index contributed by atoms with van der Waals surface area (Å²) in [5.74, 6) is -0.145. The van der Waals surface area contributed by atoms with E-state index in [0.717, 1.165) is 0 Å². The van der Waals surface area contributed by atoms with Crippen LogP contribution in [0.25, 0.3) is 22.8 Å². The highest BCUT2D eigenvalue weighted by atomic mass is 16.4. The third-order valence-corrected chi connectivity index (χ3v) is 2.37. The fraction of sp³-hybridized carbons (Fsp3) is 0. The van der Waals surface area contributed by atoms with Gasteiger partial charge in [0, 0.05) is 0 Å². The summed E-state index contributed by atoms with van der Waals surface area (Å²) in [7, 11) is 0. The summed E-state index contributed by atoms with van der Waals surface area (Å²) < 4.78 is 10.6. The molecular weight excluding hydrogens is 222 g/mol. The summed E-state index contributed by atoms with van der Waals surface area (Å²) in [6.45, 7) is 0. The van der Waals surface area contributed by atoms with Gasteiger partial charge in [0.05, 0.1) is 11.8 Å². The normalized spacial score (nSPS) is 10.8. The molecule has 0 bridgehead atoms. The van der Waals surface area contributed by atoms with E-state index in [1.54, 1.807) is 18.2 Å². The van der Waals surface area contributed by atoms with E-state index in [1.807, 2.05) is 0 Å². The monoisotopic (exact) mass is 229 g/mol. The van der Waals surface area contributed by atoms with E-state index in [1.165, 1.54) is 18.4 Å². The highest BCUT2D eigenvalue weighted by molar-refractivity contribution is 5.92. The summed E-state index contributed by atoms with van der Waals surface area (Å²) in [6, 6.07) is 7.99. The van der Waals surface area contributed by atoms with Crippen LogP contribution in [0.5, 0.6) is 0 Å². The number of oxazole rings is 1. The molecule has 2 heterocycles. The Hall–Kier alpha value is -2.56. The predicted molar refractivity (Wildman–Crippen MR) is 58.7 cm³/mol. The topological polar surface area (TPSA) is 76.5 Å². The van der Waals surface area contributed by atoms with E-state index in [9.17, 15) is 4.79 Å². The number of fused-ring (bicyclic) bond motifs is 1. The number of carboxylic acids is 1. The van der Waals surface area contributed by atoms with Crippen molar-refractivity contribution in [2.45, 2.75) is 0 Å². The largest absolute Gasteiger partial charge is 0.478 e. The molecule has 3 aromatic rings. The molecule has 5 heteroatoms. The second-order valence-corrected chi connectivity index (χ2v) is 3.48. The first kappa shape index (κ1) is 9.65. The number of furan rings is 1. The fourth-order valence-corrected chi connectivity index (χ4v) is 1.56. The molecule has 0 amide bonds. The minimum Gasteiger partial charge on any atom is -0.478 e. The Labute approximate surface area is 95.3 Å². The highest BCUT2D eigenvalue weighted by Gasteiger charge is 2.12. The second-order valence-electron chi connectivity index (χ2n) is 3.48. The lowest BCUT2D eigenvalue weighted by molar-refractivity contribution is 0.0697. The first-order valence-corrected chi connectivity index (χ1v) is 4.92. The van der Waals surface area contributed by atoms with Gasteiger partial charge in [0.25, 0.3) is 5.89 Å². The number of carboxylic acid groups (broad SMARTS) is 1. The van der Waals surface area contributed by atoms with Crippen molar-refractivity contribution < 1.29 is 18.7 Å². The molecule has 0 aliphatic heterocycles. The maximum Gasteiger partial charge on any atom is 0.335 e. The summed E-state index contributed by atoms with van der Waals surface area (Å²) in [5, 5.41) is 8.85. The van der Waals surface area contributed by atoms with Crippen LogP contribution in [0.1, 0.15) is 10.4 Å². The van der Waals surface area contributed by atoms with Crippen molar-refractivity contribution in [3.8, 4) is 11.7 Å². The molecule has 0 saturated heterocycles. The lowest BCUT2D eigenvalue weighted by Crippen LogP contribution is -1.94. The van der Waals surface area contributed by atoms with Crippen molar-refractivity contribution in [1.29, 1.82) is 0 Å². The van der Waals surface area contributed by atoms with Gasteiger partial charge in [0.1, 0.15) is 5.52 Å². The van der Waals surface area contributed by atoms with Crippen LogP contribution in [0, 0.1) is 0 Å². The molecule has 2 aromatic heterocycles. The standard InChI is InChI=1S/C12H7NO4/c14-12(15)7-3-4-8-10(6-7)17-11(13-8)9-2-1-5-16-9/h1-6H,(H,14,15). The number of rotatable bonds is 2. The molecule has 0 fully saturated rings. The van der Waals surface area contributed by atoms with Crippen LogP contribution in [0.2, 0.25) is 0 Å². The van der Waals surface area contributed by atoms with E-state index in [0.29, 0.717) is 22.8 Å². The van der Waals surface area contributed by atoms with Gasteiger partial charge in [0.2, 0.25) is 0 Å². The first-order valence-electron chi connectivity index (χ1n) is 4.92. The van der Waals surface area contributed by atoms with Crippen molar-refractivity contribution in [2.24, 2.45) is 0 Å². The maximum atomic E-state index is 10.8. The van der Waals surface area contributed by atoms with Crippen molar-refractivity contribution in [2.75, 3.05) is 0 Å². The van der Waals surface area contributed by atoms with Crippen LogP contribution in [-0.4, -0.2) is 16.1 Å². The second kappa shape index (κ2) is 3.48. The van der Waals surface area contributed by atoms with Gasteiger partial charge in [-0.05, 0) is 30.3 Å². The smallest absolute Gasteiger partial charge is 0.335 e. The molecule has 0 spiro atoms. The Morgan fingerprint density at radius 3 is 2.88 bits per heavy atom. The predicted octanol–water partition coefficient (Wildman–Crippen LogP) is 2.79. The molecule has 0 radical (unpaired) electrons. The number of benzene rings is 1. The molecule has 1 aromatic carbocycles. The fourth-order valence-electron chi connectivity index (χ4n) is 1.56. The van der Waals surface area contributed by atoms with Crippen LogP contribution >= 0.6 is 0 Å². The third-order valence-electron chi connectivity index (χ3n) is 2.37. The van der Waals surface area contributed by atoms with Crippen LogP contribution in [0.15, 0.2) is 45.4 Å². The molecular formula is C12H7NO4. The van der Waals surface area contributed by atoms with Gasteiger partial charge in [-0.25, -0.2) is 9.78 Å². The van der Waals surface area contributed by atoms with Crippen molar-refractivity contribution in [3.63, 3.8) is 0 Å². The zero-order valence-electron chi connectivity index (χ0n) is 8.58. The number of aromatic carboxylic acids is 1. The first-order chi connectivity index (χ1) is 8.24. The average molecular weight is 229 g/mol. The zero-order chi connectivity index (χ0) is 11.8. The maximum absolute atomic E-state index is 10.8. The van der Waals surface area contributed by atoms with Gasteiger partial charge in [-0.3, -0.25) is 0 Å². The number of aromatic nitrogens is 1. The SMILES string of the molecule is O=C(O)c1ccc2nc(-c3ccco3)oc2c1. The van der Waals surface area contributed by atoms with Crippen molar-refractivity contribution in [3.05, 3.63) is 42.2 Å². The Morgan fingerprint density at radius 2 is 2.18 bits per heavy atom.